The molecule has 0 spiro atoms. The van der Waals surface area contributed by atoms with Gasteiger partial charge in [-0.3, -0.25) is 0 Å². The molecule has 1 aliphatic rings. The molecule has 24 heavy (non-hydrogen) atoms. The van der Waals surface area contributed by atoms with Crippen molar-refractivity contribution in [2.45, 2.75) is 32.5 Å². The number of nitrogens with zero attached hydrogens (tertiary/aromatic N) is 1. The fraction of sp³-hybridized carbons (Fsp3) is 0.500. The average Bonchev–Trinajstić information content (AvgIpc) is 2.41. The second-order valence-corrected chi connectivity index (χ2v) is 8.11. The number of fused-ring (bicyclic) bond motifs is 1. The minimum absolute atomic E-state index is 0.0299. The van der Waals surface area contributed by atoms with Gasteiger partial charge in [0.15, 0.2) is 17.6 Å². The fourth-order valence-corrected chi connectivity index (χ4v) is 2.74. The minimum atomic E-state index is -4.32. The Bertz CT molecular complexity index is 731. The molecule has 0 saturated carbocycles. The summed E-state index contributed by atoms with van der Waals surface area (Å²) in [6, 6.07) is 4.79. The van der Waals surface area contributed by atoms with Crippen LogP contribution in [0, 0.1) is 0 Å². The van der Waals surface area contributed by atoms with E-state index >= 15 is 0 Å². The number of halogens is 1. The number of amides is 1. The maximum absolute atomic E-state index is 12.1. The lowest BCUT2D eigenvalue weighted by molar-refractivity contribution is 0.0265. The van der Waals surface area contributed by atoms with Gasteiger partial charge in [-0.25, -0.2) is 9.93 Å². The minimum Gasteiger partial charge on any atom is -0.486 e. The molecular weight excluding hydrogens is 360 g/mol. The zero-order chi connectivity index (χ0) is 18.1. The molecule has 0 aliphatic carbocycles. The second kappa shape index (κ2) is 6.66. The van der Waals surface area contributed by atoms with Crippen molar-refractivity contribution in [1.29, 1.82) is 0 Å². The van der Waals surface area contributed by atoms with Gasteiger partial charge in [0.05, 0.1) is 6.54 Å². The van der Waals surface area contributed by atoms with Gasteiger partial charge in [0.1, 0.15) is 12.2 Å². The van der Waals surface area contributed by atoms with Crippen LogP contribution < -0.4 is 14.6 Å². The SMILES string of the molecule is CC(C)(C)OC(=O)N(CC1COc2cc(Cl)ccc2O1)S(N)(=O)=O. The largest absolute Gasteiger partial charge is 0.486 e. The van der Waals surface area contributed by atoms with Gasteiger partial charge in [0.25, 0.3) is 0 Å². The maximum Gasteiger partial charge on any atom is 0.425 e. The second-order valence-electron chi connectivity index (χ2n) is 6.20. The highest BCUT2D eigenvalue weighted by molar-refractivity contribution is 7.87. The van der Waals surface area contributed by atoms with Gasteiger partial charge in [-0.15, -0.1) is 0 Å². The van der Waals surface area contributed by atoms with Gasteiger partial charge < -0.3 is 14.2 Å². The van der Waals surface area contributed by atoms with E-state index in [1.165, 1.54) is 0 Å². The fourth-order valence-electron chi connectivity index (χ4n) is 1.96. The maximum atomic E-state index is 12.1. The van der Waals surface area contributed by atoms with E-state index in [4.69, 9.17) is 31.0 Å². The number of benzene rings is 1. The van der Waals surface area contributed by atoms with Crippen LogP contribution in [0.1, 0.15) is 20.8 Å². The van der Waals surface area contributed by atoms with Crippen molar-refractivity contribution in [2.75, 3.05) is 13.2 Å². The van der Waals surface area contributed by atoms with E-state index in [1.54, 1.807) is 39.0 Å². The van der Waals surface area contributed by atoms with Gasteiger partial charge in [0, 0.05) is 11.1 Å². The molecule has 134 valence electrons. The molecule has 1 amide bonds. The molecular formula is C14H19ClN2O6S. The molecule has 1 heterocycles. The van der Waals surface area contributed by atoms with Crippen LogP contribution in [-0.4, -0.2) is 43.7 Å². The highest BCUT2D eigenvalue weighted by Crippen LogP contribution is 2.34. The summed E-state index contributed by atoms with van der Waals surface area (Å²) in [5.41, 5.74) is -0.868. The molecule has 1 aromatic carbocycles. The molecule has 1 unspecified atom stereocenters. The number of hydrogen-bond donors (Lipinski definition) is 1. The summed E-state index contributed by atoms with van der Waals surface area (Å²) in [4.78, 5) is 12.1. The molecule has 0 radical (unpaired) electrons. The van der Waals surface area contributed by atoms with Crippen molar-refractivity contribution in [3.05, 3.63) is 23.2 Å². The van der Waals surface area contributed by atoms with Gasteiger partial charge in [-0.2, -0.15) is 12.7 Å². The van der Waals surface area contributed by atoms with Crippen molar-refractivity contribution in [2.24, 2.45) is 5.14 Å². The third kappa shape index (κ3) is 4.89. The van der Waals surface area contributed by atoms with Crippen LogP contribution in [0.15, 0.2) is 18.2 Å². The third-order valence-corrected chi connectivity index (χ3v) is 4.05. The molecule has 2 rings (SSSR count). The van der Waals surface area contributed by atoms with Crippen LogP contribution in [0.5, 0.6) is 11.5 Å². The molecule has 1 aliphatic heterocycles. The lowest BCUT2D eigenvalue weighted by Crippen LogP contribution is -2.50. The first-order valence-corrected chi connectivity index (χ1v) is 8.96. The Morgan fingerprint density at radius 2 is 2.08 bits per heavy atom. The quantitative estimate of drug-likeness (QED) is 0.860. The molecule has 2 N–H and O–H groups in total. The smallest absolute Gasteiger partial charge is 0.425 e. The van der Waals surface area contributed by atoms with Gasteiger partial charge in [0.2, 0.25) is 0 Å². The van der Waals surface area contributed by atoms with Crippen LogP contribution in [0.25, 0.3) is 0 Å². The Morgan fingerprint density at radius 1 is 1.42 bits per heavy atom. The first-order valence-electron chi connectivity index (χ1n) is 7.08. The number of carbonyl (C=O) groups excluding carboxylic acids is 1. The number of carbonyl (C=O) groups is 1. The zero-order valence-electron chi connectivity index (χ0n) is 13.5. The van der Waals surface area contributed by atoms with E-state index in [-0.39, 0.29) is 13.2 Å². The van der Waals surface area contributed by atoms with Crippen molar-refractivity contribution in [1.82, 2.24) is 4.31 Å². The van der Waals surface area contributed by atoms with E-state index in [9.17, 15) is 13.2 Å². The van der Waals surface area contributed by atoms with Crippen molar-refractivity contribution >= 4 is 27.9 Å². The summed E-state index contributed by atoms with van der Waals surface area (Å²) in [5.74, 6) is 0.840. The number of hydrogen-bond acceptors (Lipinski definition) is 6. The molecule has 0 bridgehead atoms. The van der Waals surface area contributed by atoms with Crippen LogP contribution in [0.2, 0.25) is 5.02 Å². The van der Waals surface area contributed by atoms with E-state index in [1.807, 2.05) is 0 Å². The lowest BCUT2D eigenvalue weighted by atomic mass is 10.2. The summed E-state index contributed by atoms with van der Waals surface area (Å²) in [6.45, 7) is 4.54. The monoisotopic (exact) mass is 378 g/mol. The van der Waals surface area contributed by atoms with E-state index in [2.05, 4.69) is 0 Å². The Labute approximate surface area is 145 Å². The number of nitrogens with two attached hydrogens (primary N) is 1. The highest BCUT2D eigenvalue weighted by atomic mass is 35.5. The Kier molecular flexibility index (Phi) is 5.17. The standard InChI is InChI=1S/C14H19ClN2O6S/c1-14(2,3)23-13(18)17(24(16,19)20)7-10-8-21-12-6-9(15)4-5-11(12)22-10/h4-6,10H,7-8H2,1-3H3,(H2,16,19,20). The average molecular weight is 379 g/mol. The Hall–Kier alpha value is -1.71. The van der Waals surface area contributed by atoms with Crippen molar-refractivity contribution in [3.63, 3.8) is 0 Å². The number of ether oxygens (including phenoxy) is 3. The molecule has 1 aromatic rings. The van der Waals surface area contributed by atoms with Crippen LogP contribution in [0.4, 0.5) is 4.79 Å². The summed E-state index contributed by atoms with van der Waals surface area (Å²) < 4.78 is 40.0. The van der Waals surface area contributed by atoms with Gasteiger partial charge >= 0.3 is 16.3 Å². The summed E-state index contributed by atoms with van der Waals surface area (Å²) in [6.07, 6.45) is -1.81. The van der Waals surface area contributed by atoms with E-state index in [0.717, 1.165) is 0 Å². The molecule has 0 fully saturated rings. The van der Waals surface area contributed by atoms with Crippen molar-refractivity contribution in [3.8, 4) is 11.5 Å². The zero-order valence-corrected chi connectivity index (χ0v) is 15.1. The number of rotatable bonds is 3. The first-order chi connectivity index (χ1) is 11.0. The third-order valence-electron chi connectivity index (χ3n) is 2.90. The molecule has 0 saturated heterocycles. The summed E-state index contributed by atoms with van der Waals surface area (Å²) >= 11 is 5.86. The van der Waals surface area contributed by atoms with Gasteiger partial charge in [-0.1, -0.05) is 11.6 Å². The first kappa shape index (κ1) is 18.6. The van der Waals surface area contributed by atoms with E-state index < -0.39 is 28.0 Å². The molecule has 10 heteroatoms. The normalized spacial score (nSPS) is 17.3. The Morgan fingerprint density at radius 3 is 2.67 bits per heavy atom. The van der Waals surface area contributed by atoms with Crippen LogP contribution in [0.3, 0.4) is 0 Å². The van der Waals surface area contributed by atoms with Crippen LogP contribution >= 0.6 is 11.6 Å². The summed E-state index contributed by atoms with van der Waals surface area (Å²) in [5, 5.41) is 5.60. The molecule has 0 aromatic heterocycles. The predicted molar refractivity (Wildman–Crippen MR) is 87.4 cm³/mol. The topological polar surface area (TPSA) is 108 Å². The van der Waals surface area contributed by atoms with Crippen molar-refractivity contribution < 1.29 is 27.4 Å². The molecule has 1 atom stereocenters. The van der Waals surface area contributed by atoms with E-state index in [0.29, 0.717) is 20.8 Å². The van der Waals surface area contributed by atoms with Crippen LogP contribution in [-0.2, 0) is 14.9 Å². The lowest BCUT2D eigenvalue weighted by Gasteiger charge is -2.31. The predicted octanol–water partition coefficient (Wildman–Crippen LogP) is 1.92. The van der Waals surface area contributed by atoms with Gasteiger partial charge in [-0.05, 0) is 32.9 Å². The highest BCUT2D eigenvalue weighted by Gasteiger charge is 2.34. The molecule has 8 nitrogen and oxygen atoms in total. The Balaban J connectivity index is 2.14. The summed E-state index contributed by atoms with van der Waals surface area (Å²) in [7, 11) is -4.32.